The van der Waals surface area contributed by atoms with Crippen molar-refractivity contribution in [2.75, 3.05) is 5.32 Å². The number of aliphatic hydroxyl groups excluding tert-OH is 1. The monoisotopic (exact) mass is 424 g/mol. The maximum Gasteiger partial charge on any atom is 0.264 e. The highest BCUT2D eigenvalue weighted by atomic mass is 35.5. The molecule has 1 heterocycles. The third-order valence-corrected chi connectivity index (χ3v) is 6.41. The van der Waals surface area contributed by atoms with Gasteiger partial charge in [0.1, 0.15) is 16.9 Å². The molecule has 2 amide bonds. The lowest BCUT2D eigenvalue weighted by Crippen LogP contribution is -2.39. The van der Waals surface area contributed by atoms with Crippen molar-refractivity contribution >= 4 is 29.1 Å². The van der Waals surface area contributed by atoms with Crippen molar-refractivity contribution in [1.29, 1.82) is 0 Å². The highest BCUT2D eigenvalue weighted by Gasteiger charge is 2.45. The molecule has 156 valence electrons. The van der Waals surface area contributed by atoms with Crippen LogP contribution >= 0.6 is 11.6 Å². The molecule has 6 heteroatoms. The highest BCUT2D eigenvalue weighted by Crippen LogP contribution is 2.36. The molecule has 0 saturated heterocycles. The van der Waals surface area contributed by atoms with Gasteiger partial charge in [0.25, 0.3) is 11.8 Å². The maximum absolute atomic E-state index is 12.8. The molecule has 0 aromatic heterocycles. The molecule has 1 atom stereocenters. The molecule has 2 aliphatic rings. The number of hydrogen-bond donors (Lipinski definition) is 3. The standard InChI is InChI=1S/C24H25ClN2O3/c1-24(17-8-5-9-18(25)14-17)21(28)20(23(30)27-24)22(29)26-19-12-10-16(11-13-19)15-6-3-2-4-7-15/h5,8-15,28H,2-4,6-7H2,1H3,(H,26,29)(H,27,30). The van der Waals surface area contributed by atoms with Gasteiger partial charge in [-0.1, -0.05) is 55.1 Å². The van der Waals surface area contributed by atoms with Crippen molar-refractivity contribution in [2.24, 2.45) is 0 Å². The average molecular weight is 425 g/mol. The fraction of sp³-hybridized carbons (Fsp3) is 0.333. The summed E-state index contributed by atoms with van der Waals surface area (Å²) in [5.41, 5.74) is 0.972. The number of carbonyl (C=O) groups is 2. The molecule has 0 spiro atoms. The third-order valence-electron chi connectivity index (χ3n) is 6.18. The van der Waals surface area contributed by atoms with Crippen LogP contribution in [0.25, 0.3) is 0 Å². The van der Waals surface area contributed by atoms with Gasteiger partial charge in [-0.3, -0.25) is 9.59 Å². The predicted octanol–water partition coefficient (Wildman–Crippen LogP) is 5.18. The smallest absolute Gasteiger partial charge is 0.264 e. The van der Waals surface area contributed by atoms with E-state index in [0.717, 1.165) is 0 Å². The first-order valence-electron chi connectivity index (χ1n) is 10.3. The molecule has 1 aliphatic heterocycles. The fourth-order valence-corrected chi connectivity index (χ4v) is 4.58. The van der Waals surface area contributed by atoms with Crippen LogP contribution in [0.4, 0.5) is 5.69 Å². The Labute approximate surface area is 181 Å². The Kier molecular flexibility index (Phi) is 5.56. The summed E-state index contributed by atoms with van der Waals surface area (Å²) in [6.07, 6.45) is 6.23. The zero-order valence-electron chi connectivity index (χ0n) is 16.9. The van der Waals surface area contributed by atoms with Crippen LogP contribution < -0.4 is 10.6 Å². The van der Waals surface area contributed by atoms with E-state index in [9.17, 15) is 14.7 Å². The van der Waals surface area contributed by atoms with Gasteiger partial charge in [-0.25, -0.2) is 0 Å². The summed E-state index contributed by atoms with van der Waals surface area (Å²) in [5, 5.41) is 16.7. The number of aliphatic hydroxyl groups is 1. The summed E-state index contributed by atoms with van der Waals surface area (Å²) < 4.78 is 0. The van der Waals surface area contributed by atoms with E-state index in [1.165, 1.54) is 37.7 Å². The largest absolute Gasteiger partial charge is 0.508 e. The molecule has 5 nitrogen and oxygen atoms in total. The number of carbonyl (C=O) groups excluding carboxylic acids is 2. The third kappa shape index (κ3) is 3.82. The van der Waals surface area contributed by atoms with E-state index in [1.54, 1.807) is 31.2 Å². The van der Waals surface area contributed by atoms with Gasteiger partial charge in [-0.2, -0.15) is 0 Å². The molecule has 1 saturated carbocycles. The number of nitrogens with one attached hydrogen (secondary N) is 2. The lowest BCUT2D eigenvalue weighted by atomic mass is 9.84. The lowest BCUT2D eigenvalue weighted by molar-refractivity contribution is -0.121. The minimum Gasteiger partial charge on any atom is -0.508 e. The molecule has 0 bridgehead atoms. The van der Waals surface area contributed by atoms with Crippen molar-refractivity contribution in [3.63, 3.8) is 0 Å². The molecule has 3 N–H and O–H groups in total. The van der Waals surface area contributed by atoms with Crippen molar-refractivity contribution in [3.05, 3.63) is 76.0 Å². The van der Waals surface area contributed by atoms with E-state index in [0.29, 0.717) is 22.2 Å². The van der Waals surface area contributed by atoms with Crippen LogP contribution in [0.15, 0.2) is 59.9 Å². The summed E-state index contributed by atoms with van der Waals surface area (Å²) >= 11 is 6.05. The van der Waals surface area contributed by atoms with Gasteiger partial charge in [0, 0.05) is 10.7 Å². The van der Waals surface area contributed by atoms with Gasteiger partial charge in [0.05, 0.1) is 0 Å². The summed E-state index contributed by atoms with van der Waals surface area (Å²) in [5.74, 6) is -0.993. The molecular weight excluding hydrogens is 400 g/mol. The number of rotatable bonds is 4. The Morgan fingerprint density at radius 3 is 2.50 bits per heavy atom. The first kappa shape index (κ1) is 20.5. The van der Waals surface area contributed by atoms with E-state index >= 15 is 0 Å². The maximum atomic E-state index is 12.8. The van der Waals surface area contributed by atoms with Crippen LogP contribution in [0.5, 0.6) is 0 Å². The molecule has 1 fully saturated rings. The second-order valence-electron chi connectivity index (χ2n) is 8.22. The lowest BCUT2D eigenvalue weighted by Gasteiger charge is -2.25. The van der Waals surface area contributed by atoms with Gasteiger partial charge in [0.2, 0.25) is 0 Å². The van der Waals surface area contributed by atoms with Crippen LogP contribution in [-0.2, 0) is 15.1 Å². The SMILES string of the molecule is CC1(c2cccc(Cl)c2)NC(=O)C(C(=O)Nc2ccc(C3CCCCC3)cc2)=C1O. The van der Waals surface area contributed by atoms with Gasteiger partial charge in [0.15, 0.2) is 0 Å². The normalized spacial score (nSPS) is 22.1. The van der Waals surface area contributed by atoms with E-state index in [1.807, 2.05) is 24.3 Å². The first-order chi connectivity index (χ1) is 14.4. The van der Waals surface area contributed by atoms with Crippen molar-refractivity contribution in [3.8, 4) is 0 Å². The molecule has 4 rings (SSSR count). The average Bonchev–Trinajstić information content (AvgIpc) is 2.98. The Bertz CT molecular complexity index is 1010. The molecule has 0 radical (unpaired) electrons. The van der Waals surface area contributed by atoms with E-state index in [2.05, 4.69) is 10.6 Å². The van der Waals surface area contributed by atoms with Crippen molar-refractivity contribution in [2.45, 2.75) is 50.5 Å². The summed E-state index contributed by atoms with van der Waals surface area (Å²) in [6, 6.07) is 14.6. The van der Waals surface area contributed by atoms with Crippen LogP contribution in [0.3, 0.4) is 0 Å². The number of anilines is 1. The molecule has 2 aromatic carbocycles. The van der Waals surface area contributed by atoms with Crippen molar-refractivity contribution in [1.82, 2.24) is 5.32 Å². The number of halogens is 1. The second kappa shape index (κ2) is 8.15. The van der Waals surface area contributed by atoms with Gasteiger partial charge in [-0.15, -0.1) is 0 Å². The molecule has 1 unspecified atom stereocenters. The van der Waals surface area contributed by atoms with Gasteiger partial charge in [-0.05, 0) is 61.1 Å². The van der Waals surface area contributed by atoms with Gasteiger partial charge >= 0.3 is 0 Å². The van der Waals surface area contributed by atoms with E-state index in [4.69, 9.17) is 11.6 Å². The minimum absolute atomic E-state index is 0.283. The molecule has 2 aromatic rings. The van der Waals surface area contributed by atoms with E-state index in [-0.39, 0.29) is 11.3 Å². The van der Waals surface area contributed by atoms with Crippen LogP contribution in [0.2, 0.25) is 5.02 Å². The first-order valence-corrected chi connectivity index (χ1v) is 10.7. The number of amides is 2. The molecular formula is C24H25ClN2O3. The zero-order chi connectivity index (χ0) is 21.3. The Morgan fingerprint density at radius 2 is 1.83 bits per heavy atom. The summed E-state index contributed by atoms with van der Waals surface area (Å²) in [6.45, 7) is 1.64. The van der Waals surface area contributed by atoms with Crippen molar-refractivity contribution < 1.29 is 14.7 Å². The second-order valence-corrected chi connectivity index (χ2v) is 8.66. The fourth-order valence-electron chi connectivity index (χ4n) is 4.39. The summed E-state index contributed by atoms with van der Waals surface area (Å²) in [7, 11) is 0. The molecule has 30 heavy (non-hydrogen) atoms. The Hall–Kier alpha value is -2.79. The van der Waals surface area contributed by atoms with Crippen LogP contribution in [0.1, 0.15) is 56.1 Å². The molecule has 1 aliphatic carbocycles. The topological polar surface area (TPSA) is 78.4 Å². The predicted molar refractivity (Wildman–Crippen MR) is 117 cm³/mol. The van der Waals surface area contributed by atoms with Crippen LogP contribution in [-0.4, -0.2) is 16.9 Å². The quantitative estimate of drug-likeness (QED) is 0.591. The van der Waals surface area contributed by atoms with Gasteiger partial charge < -0.3 is 15.7 Å². The van der Waals surface area contributed by atoms with E-state index < -0.39 is 17.4 Å². The minimum atomic E-state index is -1.21. The Morgan fingerprint density at radius 1 is 1.13 bits per heavy atom. The van der Waals surface area contributed by atoms with Crippen LogP contribution in [0, 0.1) is 0 Å². The number of benzene rings is 2. The highest BCUT2D eigenvalue weighted by molar-refractivity contribution is 6.30. The Balaban J connectivity index is 1.53. The summed E-state index contributed by atoms with van der Waals surface area (Å²) in [4.78, 5) is 25.3. The number of hydrogen-bond acceptors (Lipinski definition) is 3. The zero-order valence-corrected chi connectivity index (χ0v) is 17.6.